The Bertz CT molecular complexity index is 1060. The van der Waals surface area contributed by atoms with Gasteiger partial charge >= 0.3 is 0 Å². The van der Waals surface area contributed by atoms with Crippen molar-refractivity contribution in [2.24, 2.45) is 0 Å². The van der Waals surface area contributed by atoms with Crippen LogP contribution in [0, 0.1) is 11.3 Å². The van der Waals surface area contributed by atoms with Gasteiger partial charge in [0, 0.05) is 24.1 Å². The topological polar surface area (TPSA) is 64.0 Å². The zero-order valence-electron chi connectivity index (χ0n) is 19.2. The average molecular weight is 435 g/mol. The van der Waals surface area contributed by atoms with Gasteiger partial charge in [-0.2, -0.15) is 5.26 Å². The smallest absolute Gasteiger partial charge is 0.161 e. The molecule has 0 aliphatic carbocycles. The molecule has 0 N–H and O–H groups in total. The van der Waals surface area contributed by atoms with E-state index in [9.17, 15) is 5.26 Å². The number of hydrogen-bond donors (Lipinski definition) is 0. The molecule has 6 nitrogen and oxygen atoms in total. The van der Waals surface area contributed by atoms with E-state index in [4.69, 9.17) is 18.9 Å². The van der Waals surface area contributed by atoms with Crippen LogP contribution in [0.15, 0.2) is 42.1 Å². The zero-order chi connectivity index (χ0) is 22.7. The molecule has 0 aromatic heterocycles. The van der Waals surface area contributed by atoms with Gasteiger partial charge in [0.25, 0.3) is 0 Å². The summed E-state index contributed by atoms with van der Waals surface area (Å²) in [4.78, 5) is 2.31. The van der Waals surface area contributed by atoms with E-state index in [1.165, 1.54) is 6.42 Å². The number of methoxy groups -OCH3 is 4. The molecule has 2 aromatic carbocycles. The average Bonchev–Trinajstić information content (AvgIpc) is 2.86. The highest BCUT2D eigenvalue weighted by Crippen LogP contribution is 2.48. The Morgan fingerprint density at radius 3 is 2.16 bits per heavy atom. The van der Waals surface area contributed by atoms with Gasteiger partial charge in [-0.1, -0.05) is 12.1 Å². The minimum atomic E-state index is 0.0573. The Labute approximate surface area is 190 Å². The van der Waals surface area contributed by atoms with E-state index in [0.717, 1.165) is 48.2 Å². The molecule has 2 aromatic rings. The van der Waals surface area contributed by atoms with Crippen LogP contribution in [0.2, 0.25) is 0 Å². The molecule has 6 heteroatoms. The lowest BCUT2D eigenvalue weighted by Gasteiger charge is -2.44. The fourth-order valence-corrected chi connectivity index (χ4v) is 5.09. The molecule has 32 heavy (non-hydrogen) atoms. The van der Waals surface area contributed by atoms with Gasteiger partial charge in [0.1, 0.15) is 11.8 Å². The molecule has 0 saturated carbocycles. The molecule has 0 unspecified atom stereocenters. The highest BCUT2D eigenvalue weighted by Gasteiger charge is 2.38. The summed E-state index contributed by atoms with van der Waals surface area (Å²) in [6.45, 7) is 0.920. The number of piperidine rings is 1. The first kappa shape index (κ1) is 21.9. The van der Waals surface area contributed by atoms with Crippen LogP contribution in [-0.2, 0) is 0 Å². The molecule has 0 radical (unpaired) electrons. The Kier molecular flexibility index (Phi) is 6.45. The second-order valence-electron chi connectivity index (χ2n) is 8.19. The Morgan fingerprint density at radius 2 is 1.50 bits per heavy atom. The molecule has 4 rings (SSSR count). The van der Waals surface area contributed by atoms with Crippen molar-refractivity contribution in [2.75, 3.05) is 35.0 Å². The molecule has 0 amide bonds. The molecule has 1 saturated heterocycles. The fraction of sp³-hybridized carbons (Fsp3) is 0.423. The molecular formula is C26H30N2O4. The third-order valence-corrected chi connectivity index (χ3v) is 6.64. The lowest BCUT2D eigenvalue weighted by atomic mass is 9.76. The van der Waals surface area contributed by atoms with Crippen molar-refractivity contribution < 1.29 is 18.9 Å². The highest BCUT2D eigenvalue weighted by atomic mass is 16.5. The van der Waals surface area contributed by atoms with E-state index >= 15 is 0 Å². The first-order chi connectivity index (χ1) is 15.6. The van der Waals surface area contributed by atoms with Gasteiger partial charge in [-0.05, 0) is 61.1 Å². The Hall–Kier alpha value is -3.33. The summed E-state index contributed by atoms with van der Waals surface area (Å²) in [5, 5.41) is 10.3. The molecule has 1 fully saturated rings. The van der Waals surface area contributed by atoms with Crippen LogP contribution < -0.4 is 18.9 Å². The maximum atomic E-state index is 10.3. The third-order valence-electron chi connectivity index (χ3n) is 6.64. The summed E-state index contributed by atoms with van der Waals surface area (Å²) in [5.74, 6) is 2.78. The minimum Gasteiger partial charge on any atom is -0.493 e. The van der Waals surface area contributed by atoms with Crippen LogP contribution in [0.5, 0.6) is 23.0 Å². The second-order valence-corrected chi connectivity index (χ2v) is 8.19. The number of nitriles is 1. The third kappa shape index (κ3) is 3.84. The highest BCUT2D eigenvalue weighted by molar-refractivity contribution is 5.79. The van der Waals surface area contributed by atoms with E-state index in [2.05, 4.69) is 17.0 Å². The second kappa shape index (κ2) is 9.44. The maximum absolute atomic E-state index is 10.3. The number of hydrogen-bond acceptors (Lipinski definition) is 6. The molecule has 2 heterocycles. The van der Waals surface area contributed by atoms with Crippen LogP contribution in [0.4, 0.5) is 0 Å². The number of benzene rings is 2. The molecule has 168 valence electrons. The number of ether oxygens (including phenoxy) is 4. The lowest BCUT2D eigenvalue weighted by Crippen LogP contribution is -2.43. The molecule has 0 spiro atoms. The molecule has 2 aliphatic rings. The van der Waals surface area contributed by atoms with Gasteiger partial charge in [0.2, 0.25) is 0 Å². The number of nitrogens with zero attached hydrogens (tertiary/aromatic N) is 2. The minimum absolute atomic E-state index is 0.0573. The zero-order valence-corrected chi connectivity index (χ0v) is 19.2. The number of rotatable bonds is 6. The van der Waals surface area contributed by atoms with E-state index in [0.29, 0.717) is 29.0 Å². The Morgan fingerprint density at radius 1 is 0.844 bits per heavy atom. The summed E-state index contributed by atoms with van der Waals surface area (Å²) in [5.41, 5.74) is 3.88. The molecule has 2 aliphatic heterocycles. The van der Waals surface area contributed by atoms with Gasteiger partial charge in [0.05, 0.1) is 28.4 Å². The van der Waals surface area contributed by atoms with Crippen LogP contribution >= 0.6 is 0 Å². The first-order valence-electron chi connectivity index (χ1n) is 11.0. The van der Waals surface area contributed by atoms with Crippen molar-refractivity contribution in [3.05, 3.63) is 53.2 Å². The maximum Gasteiger partial charge on any atom is 0.161 e. The predicted octanol–water partition coefficient (Wildman–Crippen LogP) is 5.00. The first-order valence-corrected chi connectivity index (χ1v) is 11.0. The largest absolute Gasteiger partial charge is 0.493 e. The van der Waals surface area contributed by atoms with Crippen molar-refractivity contribution in [1.82, 2.24) is 4.90 Å². The quantitative estimate of drug-likeness (QED) is 0.638. The van der Waals surface area contributed by atoms with Crippen molar-refractivity contribution in [3.63, 3.8) is 0 Å². The van der Waals surface area contributed by atoms with E-state index in [1.807, 2.05) is 30.3 Å². The molecular weight excluding hydrogens is 404 g/mol. The summed E-state index contributed by atoms with van der Waals surface area (Å²) < 4.78 is 22.0. The monoisotopic (exact) mass is 434 g/mol. The normalized spacial score (nSPS) is 20.3. The summed E-state index contributed by atoms with van der Waals surface area (Å²) in [7, 11) is 6.55. The van der Waals surface area contributed by atoms with Crippen molar-refractivity contribution >= 4 is 5.57 Å². The predicted molar refractivity (Wildman–Crippen MR) is 123 cm³/mol. The van der Waals surface area contributed by atoms with E-state index in [1.54, 1.807) is 28.4 Å². The molecule has 2 atom stereocenters. The van der Waals surface area contributed by atoms with Gasteiger partial charge in [-0.3, -0.25) is 0 Å². The van der Waals surface area contributed by atoms with Crippen molar-refractivity contribution in [1.29, 1.82) is 5.26 Å². The molecule has 0 bridgehead atoms. The van der Waals surface area contributed by atoms with Gasteiger partial charge < -0.3 is 23.8 Å². The van der Waals surface area contributed by atoms with E-state index in [-0.39, 0.29) is 5.92 Å². The standard InChI is InChI=1S/C26H30N2O4/c1-29-22-10-8-17(13-24(22)31-3)20-15-19-7-5-6-12-28(19)21(16-27)26(20)18-9-11-23(30-2)25(14-18)32-4/h8-11,13-14,19-20H,5-7,12,15H2,1-4H3/t19-,20-/m0/s1. The van der Waals surface area contributed by atoms with Gasteiger partial charge in [-0.25, -0.2) is 0 Å². The Balaban J connectivity index is 1.90. The van der Waals surface area contributed by atoms with Crippen LogP contribution in [0.1, 0.15) is 42.7 Å². The lowest BCUT2D eigenvalue weighted by molar-refractivity contribution is 0.177. The SMILES string of the molecule is COc1ccc(C2=C(C#N)N3CCCC[C@H]3C[C@H]2c2ccc(OC)c(OC)c2)cc1OC. The summed E-state index contributed by atoms with van der Waals surface area (Å²) in [6.07, 6.45) is 4.37. The van der Waals surface area contributed by atoms with Gasteiger partial charge in [0.15, 0.2) is 23.0 Å². The van der Waals surface area contributed by atoms with Crippen molar-refractivity contribution in [3.8, 4) is 29.1 Å². The summed E-state index contributed by atoms with van der Waals surface area (Å²) >= 11 is 0. The van der Waals surface area contributed by atoms with Crippen LogP contribution in [0.25, 0.3) is 5.57 Å². The number of allylic oxidation sites excluding steroid dienone is 2. The van der Waals surface area contributed by atoms with E-state index < -0.39 is 0 Å². The van der Waals surface area contributed by atoms with Crippen LogP contribution in [0.3, 0.4) is 0 Å². The van der Waals surface area contributed by atoms with Gasteiger partial charge in [-0.15, -0.1) is 0 Å². The van der Waals surface area contributed by atoms with Crippen LogP contribution in [-0.4, -0.2) is 45.9 Å². The van der Waals surface area contributed by atoms with Crippen molar-refractivity contribution in [2.45, 2.75) is 37.6 Å². The number of fused-ring (bicyclic) bond motifs is 1. The summed E-state index contributed by atoms with van der Waals surface area (Å²) in [6, 6.07) is 14.9. The fourth-order valence-electron chi connectivity index (χ4n) is 5.09.